The topological polar surface area (TPSA) is 152 Å². The Morgan fingerprint density at radius 1 is 0.818 bits per heavy atom. The SMILES string of the molecule is COc1ccc(C(OC[C@H]2O[C@@H](n3ccc(NC(=O)c4ccccc4)nc3=O)C[C@@H]2OP(OCCCC(=O)NC(C)(C)C)N(C(C)C)C(C)C)(c2ccccc2)c2ccc(OC)cc2)cc1. The molecule has 2 heterocycles. The molecule has 4 atom stereocenters. The number of aromatic nitrogens is 2. The molecule has 0 radical (unpaired) electrons. The molecule has 5 aromatic rings. The zero-order valence-corrected chi connectivity index (χ0v) is 40.3. The Bertz CT molecular complexity index is 2320. The van der Waals surface area contributed by atoms with Gasteiger partial charge in [0.2, 0.25) is 5.91 Å². The maximum absolute atomic E-state index is 13.8. The second kappa shape index (κ2) is 22.8. The van der Waals surface area contributed by atoms with Crippen LogP contribution in [0, 0.1) is 0 Å². The van der Waals surface area contributed by atoms with Crippen molar-refractivity contribution in [2.24, 2.45) is 0 Å². The Labute approximate surface area is 389 Å². The first kappa shape index (κ1) is 50.0. The minimum absolute atomic E-state index is 0.0149. The fraction of sp³-hybridized carbons (Fsp3) is 0.412. The number of carbonyl (C=O) groups is 2. The minimum Gasteiger partial charge on any atom is -0.497 e. The number of carbonyl (C=O) groups excluding carboxylic acids is 2. The van der Waals surface area contributed by atoms with Crippen molar-refractivity contribution in [2.45, 2.75) is 109 Å². The highest BCUT2D eigenvalue weighted by atomic mass is 31.2. The number of methoxy groups -OCH3 is 2. The minimum atomic E-state index is -1.73. The number of hydrogen-bond donors (Lipinski definition) is 2. The van der Waals surface area contributed by atoms with Crippen molar-refractivity contribution in [1.29, 1.82) is 0 Å². The molecule has 1 unspecified atom stereocenters. The summed E-state index contributed by atoms with van der Waals surface area (Å²) in [5.41, 5.74) is 0.860. The zero-order chi connectivity index (χ0) is 47.4. The predicted molar refractivity (Wildman–Crippen MR) is 257 cm³/mol. The molecule has 1 fully saturated rings. The number of nitrogens with zero attached hydrogens (tertiary/aromatic N) is 3. The molecule has 2 amide bonds. The molecule has 4 aromatic carbocycles. The van der Waals surface area contributed by atoms with Crippen molar-refractivity contribution in [1.82, 2.24) is 19.5 Å². The average molecular weight is 922 g/mol. The third kappa shape index (κ3) is 12.7. The first-order valence-electron chi connectivity index (χ1n) is 22.4. The van der Waals surface area contributed by atoms with Gasteiger partial charge in [0.1, 0.15) is 35.2 Å². The molecule has 1 aromatic heterocycles. The summed E-state index contributed by atoms with van der Waals surface area (Å²) in [5, 5.41) is 5.75. The molecule has 0 bridgehead atoms. The largest absolute Gasteiger partial charge is 0.497 e. The Morgan fingerprint density at radius 3 is 1.91 bits per heavy atom. The van der Waals surface area contributed by atoms with Gasteiger partial charge in [0.05, 0.1) is 33.5 Å². The van der Waals surface area contributed by atoms with Gasteiger partial charge in [-0.05, 0) is 114 Å². The van der Waals surface area contributed by atoms with E-state index >= 15 is 0 Å². The van der Waals surface area contributed by atoms with Crippen molar-refractivity contribution < 1.29 is 37.6 Å². The van der Waals surface area contributed by atoms with Crippen molar-refractivity contribution in [3.05, 3.63) is 154 Å². The van der Waals surface area contributed by atoms with Crippen LogP contribution in [0.15, 0.2) is 126 Å². The second-order valence-corrected chi connectivity index (χ2v) is 19.1. The monoisotopic (exact) mass is 921 g/mol. The number of nitrogens with one attached hydrogen (secondary N) is 2. The van der Waals surface area contributed by atoms with E-state index in [1.54, 1.807) is 50.7 Å². The van der Waals surface area contributed by atoms with Crippen LogP contribution in [0.5, 0.6) is 11.5 Å². The molecular weight excluding hydrogens is 858 g/mol. The average Bonchev–Trinajstić information content (AvgIpc) is 3.69. The van der Waals surface area contributed by atoms with E-state index in [2.05, 4.69) is 48.0 Å². The maximum atomic E-state index is 13.8. The van der Waals surface area contributed by atoms with Crippen molar-refractivity contribution in [3.63, 3.8) is 0 Å². The summed E-state index contributed by atoms with van der Waals surface area (Å²) >= 11 is 0. The molecule has 352 valence electrons. The maximum Gasteiger partial charge on any atom is 0.351 e. The lowest BCUT2D eigenvalue weighted by Gasteiger charge is -2.39. The highest BCUT2D eigenvalue weighted by Gasteiger charge is 2.45. The van der Waals surface area contributed by atoms with Crippen LogP contribution in [0.1, 0.15) is 101 Å². The van der Waals surface area contributed by atoms with Gasteiger partial charge in [-0.25, -0.2) is 9.46 Å². The van der Waals surface area contributed by atoms with E-state index in [-0.39, 0.29) is 54.9 Å². The van der Waals surface area contributed by atoms with E-state index < -0.39 is 38.3 Å². The van der Waals surface area contributed by atoms with Gasteiger partial charge < -0.3 is 38.6 Å². The molecule has 2 N–H and O–H groups in total. The third-order valence-electron chi connectivity index (χ3n) is 11.0. The second-order valence-electron chi connectivity index (χ2n) is 17.7. The van der Waals surface area contributed by atoms with E-state index in [9.17, 15) is 14.4 Å². The van der Waals surface area contributed by atoms with Crippen LogP contribution in [-0.2, 0) is 28.9 Å². The smallest absolute Gasteiger partial charge is 0.351 e. The number of amides is 2. The van der Waals surface area contributed by atoms with Gasteiger partial charge in [-0.15, -0.1) is 0 Å². The summed E-state index contributed by atoms with van der Waals surface area (Å²) in [4.78, 5) is 43.7. The third-order valence-corrected chi connectivity index (χ3v) is 13.1. The number of anilines is 1. The summed E-state index contributed by atoms with van der Waals surface area (Å²) in [6.07, 6.45) is 0.406. The zero-order valence-electron chi connectivity index (χ0n) is 39.4. The molecule has 66 heavy (non-hydrogen) atoms. The molecule has 0 aliphatic carbocycles. The van der Waals surface area contributed by atoms with Gasteiger partial charge >= 0.3 is 5.69 Å². The first-order chi connectivity index (χ1) is 31.6. The van der Waals surface area contributed by atoms with Crippen LogP contribution in [0.25, 0.3) is 0 Å². The Kier molecular flexibility index (Phi) is 17.3. The van der Waals surface area contributed by atoms with Gasteiger partial charge in [0, 0.05) is 42.2 Å². The van der Waals surface area contributed by atoms with Crippen molar-refractivity contribution in [3.8, 4) is 11.5 Å². The van der Waals surface area contributed by atoms with Crippen LogP contribution in [0.2, 0.25) is 0 Å². The van der Waals surface area contributed by atoms with Gasteiger partial charge in [-0.3, -0.25) is 14.2 Å². The molecule has 15 heteroatoms. The summed E-state index contributed by atoms with van der Waals surface area (Å²) < 4.78 is 42.6. The van der Waals surface area contributed by atoms with E-state index in [0.29, 0.717) is 29.9 Å². The van der Waals surface area contributed by atoms with Crippen LogP contribution < -0.4 is 25.8 Å². The molecule has 0 spiro atoms. The summed E-state index contributed by atoms with van der Waals surface area (Å²) in [6, 6.07) is 35.9. The van der Waals surface area contributed by atoms with Gasteiger partial charge in [0.25, 0.3) is 14.4 Å². The van der Waals surface area contributed by atoms with E-state index in [4.69, 9.17) is 28.0 Å². The van der Waals surface area contributed by atoms with Crippen LogP contribution >= 0.6 is 8.53 Å². The number of hydrogen-bond acceptors (Lipinski definition) is 11. The normalized spacial score (nSPS) is 16.9. The molecule has 1 aliphatic rings. The highest BCUT2D eigenvalue weighted by molar-refractivity contribution is 7.44. The number of ether oxygens (including phenoxy) is 4. The summed E-state index contributed by atoms with van der Waals surface area (Å²) in [7, 11) is 1.53. The molecule has 0 saturated carbocycles. The van der Waals surface area contributed by atoms with Crippen molar-refractivity contribution >= 4 is 26.2 Å². The van der Waals surface area contributed by atoms with Gasteiger partial charge in [0.15, 0.2) is 0 Å². The van der Waals surface area contributed by atoms with E-state index in [1.165, 1.54) is 4.57 Å². The summed E-state index contributed by atoms with van der Waals surface area (Å²) in [6.45, 7) is 14.5. The molecular formula is C51H64N5O9P. The molecule has 1 saturated heterocycles. The Morgan fingerprint density at radius 2 is 1.38 bits per heavy atom. The lowest BCUT2D eigenvalue weighted by atomic mass is 9.80. The first-order valence-corrected chi connectivity index (χ1v) is 23.5. The fourth-order valence-corrected chi connectivity index (χ4v) is 9.79. The Balaban J connectivity index is 1.37. The van der Waals surface area contributed by atoms with E-state index in [1.807, 2.05) is 106 Å². The number of rotatable bonds is 21. The molecule has 14 nitrogen and oxygen atoms in total. The standard InChI is InChI=1S/C51H64N5O9P/c1-35(2)56(36(3)4)66(63-32-16-21-46(57)54-50(5,6)7)65-43-33-47(55-31-30-45(53-49(55)59)52-48(58)37-17-12-10-13-18-37)64-44(43)34-62-51(38-19-14-11-15-20-38,39-22-26-41(60-8)27-23-39)40-24-28-42(61-9)29-25-40/h10-15,17-20,22-31,35-36,43-44,47H,16,21,32-34H2,1-9H3,(H,54,57)(H,52,53,58,59)/t43-,44+,47+,66?/m0/s1. The quantitative estimate of drug-likeness (QED) is 0.0412. The molecule has 1 aliphatic heterocycles. The fourth-order valence-electron chi connectivity index (χ4n) is 7.99. The van der Waals surface area contributed by atoms with Crippen LogP contribution in [0.3, 0.4) is 0 Å². The van der Waals surface area contributed by atoms with E-state index in [0.717, 1.165) is 16.7 Å². The molecule has 6 rings (SSSR count). The van der Waals surface area contributed by atoms with Gasteiger partial charge in [-0.2, -0.15) is 4.98 Å². The Hall–Kier alpha value is -5.47. The lowest BCUT2D eigenvalue weighted by molar-refractivity contribution is -0.122. The lowest BCUT2D eigenvalue weighted by Crippen LogP contribution is -2.40. The van der Waals surface area contributed by atoms with Crippen LogP contribution in [0.4, 0.5) is 5.82 Å². The summed E-state index contributed by atoms with van der Waals surface area (Å²) in [5.74, 6) is 1.06. The number of benzene rings is 4. The van der Waals surface area contributed by atoms with Crippen LogP contribution in [-0.4, -0.2) is 83.3 Å². The highest BCUT2D eigenvalue weighted by Crippen LogP contribution is 2.51. The van der Waals surface area contributed by atoms with Gasteiger partial charge in [-0.1, -0.05) is 72.8 Å². The van der Waals surface area contributed by atoms with Crippen molar-refractivity contribution in [2.75, 3.05) is 32.8 Å². The predicted octanol–water partition coefficient (Wildman–Crippen LogP) is 9.25.